The first kappa shape index (κ1) is 19.0. The van der Waals surface area contributed by atoms with E-state index in [0.29, 0.717) is 31.9 Å². The van der Waals surface area contributed by atoms with Gasteiger partial charge in [-0.05, 0) is 49.8 Å². The summed E-state index contributed by atoms with van der Waals surface area (Å²) < 4.78 is 21.4. The summed E-state index contributed by atoms with van der Waals surface area (Å²) in [5.41, 5.74) is 0.352. The van der Waals surface area contributed by atoms with Crippen LogP contribution in [0.5, 0.6) is 0 Å². The standard InChI is InChI=1S/C21H24ClFN4O2/c22-17-9-15(3-4-18(17)23)20(28)26-11-16(21(12-26)5-7-29-8-6-21)19-25-24-13-27(19)10-14-1-2-14/h3-4,9,13-14,16H,1-2,5-8,10-12H2. The molecule has 0 bridgehead atoms. The first-order valence-electron chi connectivity index (χ1n) is 10.3. The highest BCUT2D eigenvalue weighted by atomic mass is 35.5. The van der Waals surface area contributed by atoms with E-state index in [1.54, 1.807) is 0 Å². The van der Waals surface area contributed by atoms with E-state index in [9.17, 15) is 9.18 Å². The van der Waals surface area contributed by atoms with Gasteiger partial charge in [0.25, 0.3) is 5.91 Å². The number of carbonyl (C=O) groups excluding carboxylic acids is 1. The number of nitrogens with zero attached hydrogens (tertiary/aromatic N) is 4. The number of halogens is 2. The highest BCUT2D eigenvalue weighted by Gasteiger charge is 2.51. The smallest absolute Gasteiger partial charge is 0.253 e. The van der Waals surface area contributed by atoms with Crippen LogP contribution in [0.15, 0.2) is 24.5 Å². The second kappa shape index (κ2) is 7.36. The molecule has 0 N–H and O–H groups in total. The van der Waals surface area contributed by atoms with Crippen molar-refractivity contribution in [3.63, 3.8) is 0 Å². The molecule has 1 amide bonds. The van der Waals surface area contributed by atoms with Crippen LogP contribution in [0.1, 0.15) is 47.8 Å². The lowest BCUT2D eigenvalue weighted by atomic mass is 9.71. The van der Waals surface area contributed by atoms with Crippen molar-refractivity contribution in [2.75, 3.05) is 26.3 Å². The van der Waals surface area contributed by atoms with Crippen LogP contribution in [0.3, 0.4) is 0 Å². The van der Waals surface area contributed by atoms with Gasteiger partial charge in [0, 0.05) is 49.7 Å². The van der Waals surface area contributed by atoms with Gasteiger partial charge in [0.2, 0.25) is 0 Å². The van der Waals surface area contributed by atoms with Gasteiger partial charge in [0.1, 0.15) is 18.0 Å². The minimum atomic E-state index is -0.517. The molecule has 154 valence electrons. The molecule has 1 aromatic carbocycles. The summed E-state index contributed by atoms with van der Waals surface area (Å²) in [6.45, 7) is 3.56. The zero-order chi connectivity index (χ0) is 20.0. The minimum absolute atomic E-state index is 0.0310. The Bertz CT molecular complexity index is 923. The number of hydrogen-bond donors (Lipinski definition) is 0. The maximum atomic E-state index is 13.5. The van der Waals surface area contributed by atoms with E-state index >= 15 is 0 Å². The highest BCUT2D eigenvalue weighted by Crippen LogP contribution is 2.49. The van der Waals surface area contributed by atoms with Crippen LogP contribution >= 0.6 is 11.6 Å². The van der Waals surface area contributed by atoms with Crippen LogP contribution in [-0.2, 0) is 11.3 Å². The lowest BCUT2D eigenvalue weighted by Gasteiger charge is -2.37. The van der Waals surface area contributed by atoms with Gasteiger partial charge in [0.05, 0.1) is 5.02 Å². The second-order valence-electron chi connectivity index (χ2n) is 8.63. The Morgan fingerprint density at radius 3 is 2.83 bits per heavy atom. The van der Waals surface area contributed by atoms with E-state index in [0.717, 1.165) is 31.1 Å². The Morgan fingerprint density at radius 1 is 1.31 bits per heavy atom. The van der Waals surface area contributed by atoms with Crippen LogP contribution in [0.2, 0.25) is 5.02 Å². The van der Waals surface area contributed by atoms with Crippen LogP contribution in [0, 0.1) is 17.2 Å². The third kappa shape index (κ3) is 3.55. The molecule has 1 atom stereocenters. The lowest BCUT2D eigenvalue weighted by molar-refractivity contribution is 0.0107. The Balaban J connectivity index is 1.45. The molecule has 29 heavy (non-hydrogen) atoms. The maximum absolute atomic E-state index is 13.5. The van der Waals surface area contributed by atoms with Crippen LogP contribution in [0.4, 0.5) is 4.39 Å². The average Bonchev–Trinajstić information content (AvgIpc) is 3.31. The van der Waals surface area contributed by atoms with Crippen LogP contribution in [-0.4, -0.2) is 51.9 Å². The van der Waals surface area contributed by atoms with Crippen molar-refractivity contribution in [3.8, 4) is 0 Å². The Kier molecular flexibility index (Phi) is 4.82. The van der Waals surface area contributed by atoms with E-state index in [2.05, 4.69) is 14.8 Å². The van der Waals surface area contributed by atoms with Crippen LogP contribution in [0.25, 0.3) is 0 Å². The summed E-state index contributed by atoms with van der Waals surface area (Å²) in [5.74, 6) is 1.18. The molecule has 3 fully saturated rings. The van der Waals surface area contributed by atoms with Gasteiger partial charge in [-0.2, -0.15) is 0 Å². The van der Waals surface area contributed by atoms with Crippen molar-refractivity contribution in [1.29, 1.82) is 0 Å². The van der Waals surface area contributed by atoms with Gasteiger partial charge in [-0.3, -0.25) is 4.79 Å². The van der Waals surface area contributed by atoms with E-state index in [1.807, 2.05) is 11.2 Å². The van der Waals surface area contributed by atoms with Crippen molar-refractivity contribution >= 4 is 17.5 Å². The number of amides is 1. The second-order valence-corrected chi connectivity index (χ2v) is 9.03. The lowest BCUT2D eigenvalue weighted by Crippen LogP contribution is -2.37. The van der Waals surface area contributed by atoms with Gasteiger partial charge >= 0.3 is 0 Å². The van der Waals surface area contributed by atoms with Crippen molar-refractivity contribution in [1.82, 2.24) is 19.7 Å². The van der Waals surface area contributed by atoms with Gasteiger partial charge in [-0.25, -0.2) is 4.39 Å². The van der Waals surface area contributed by atoms with Crippen molar-refractivity contribution in [2.24, 2.45) is 11.3 Å². The molecular weight excluding hydrogens is 395 g/mol. The van der Waals surface area contributed by atoms with E-state index in [4.69, 9.17) is 16.3 Å². The molecule has 1 aromatic heterocycles. The van der Waals surface area contributed by atoms with E-state index in [-0.39, 0.29) is 22.3 Å². The minimum Gasteiger partial charge on any atom is -0.381 e. The highest BCUT2D eigenvalue weighted by molar-refractivity contribution is 6.31. The zero-order valence-electron chi connectivity index (χ0n) is 16.2. The number of carbonyl (C=O) groups is 1. The molecule has 3 heterocycles. The molecule has 6 nitrogen and oxygen atoms in total. The topological polar surface area (TPSA) is 60.2 Å². The largest absolute Gasteiger partial charge is 0.381 e. The first-order chi connectivity index (χ1) is 14.1. The molecule has 5 rings (SSSR count). The predicted octanol–water partition coefficient (Wildman–Crippen LogP) is 3.52. The predicted molar refractivity (Wildman–Crippen MR) is 105 cm³/mol. The number of likely N-dealkylation sites (tertiary alicyclic amines) is 1. The zero-order valence-corrected chi connectivity index (χ0v) is 16.9. The normalized spacial score (nSPS) is 23.7. The molecule has 2 aliphatic heterocycles. The van der Waals surface area contributed by atoms with Gasteiger partial charge in [-0.1, -0.05) is 11.6 Å². The van der Waals surface area contributed by atoms with E-state index in [1.165, 1.54) is 31.0 Å². The van der Waals surface area contributed by atoms with Gasteiger partial charge in [0.15, 0.2) is 0 Å². The fraction of sp³-hybridized carbons (Fsp3) is 0.571. The number of rotatable bonds is 4. The monoisotopic (exact) mass is 418 g/mol. The summed E-state index contributed by atoms with van der Waals surface area (Å²) in [4.78, 5) is 15.1. The summed E-state index contributed by atoms with van der Waals surface area (Å²) >= 11 is 5.91. The summed E-state index contributed by atoms with van der Waals surface area (Å²) in [6, 6.07) is 4.17. The third-order valence-electron chi connectivity index (χ3n) is 6.70. The van der Waals surface area contributed by atoms with Gasteiger partial charge in [-0.15, -0.1) is 10.2 Å². The molecular formula is C21H24ClFN4O2. The third-order valence-corrected chi connectivity index (χ3v) is 6.99. The summed E-state index contributed by atoms with van der Waals surface area (Å²) in [7, 11) is 0. The number of ether oxygens (including phenoxy) is 1. The van der Waals surface area contributed by atoms with Crippen molar-refractivity contribution in [2.45, 2.75) is 38.1 Å². The number of aromatic nitrogens is 3. The molecule has 1 saturated carbocycles. The average molecular weight is 419 g/mol. The maximum Gasteiger partial charge on any atom is 0.253 e. The Hall–Kier alpha value is -1.99. The Morgan fingerprint density at radius 2 is 2.10 bits per heavy atom. The van der Waals surface area contributed by atoms with Gasteiger partial charge < -0.3 is 14.2 Å². The van der Waals surface area contributed by atoms with Crippen molar-refractivity contribution < 1.29 is 13.9 Å². The molecule has 3 aliphatic rings. The SMILES string of the molecule is O=C(c1ccc(F)c(Cl)c1)N1CC(c2nncn2CC2CC2)C2(CCOCC2)C1. The Labute approximate surface area is 174 Å². The van der Waals surface area contributed by atoms with Crippen molar-refractivity contribution in [3.05, 3.63) is 46.8 Å². The van der Waals surface area contributed by atoms with E-state index < -0.39 is 5.82 Å². The summed E-state index contributed by atoms with van der Waals surface area (Å²) in [6.07, 6.45) is 6.13. The molecule has 0 radical (unpaired) electrons. The summed E-state index contributed by atoms with van der Waals surface area (Å²) in [5, 5.41) is 8.65. The molecule has 8 heteroatoms. The molecule has 1 spiro atoms. The molecule has 2 saturated heterocycles. The van der Waals surface area contributed by atoms with Crippen LogP contribution < -0.4 is 0 Å². The molecule has 1 aliphatic carbocycles. The quantitative estimate of drug-likeness (QED) is 0.762. The fourth-order valence-corrected chi connectivity index (χ4v) is 5.01. The molecule has 1 unspecified atom stereocenters. The number of benzene rings is 1. The molecule has 2 aromatic rings. The fourth-order valence-electron chi connectivity index (χ4n) is 4.83. The first-order valence-corrected chi connectivity index (χ1v) is 10.6. The number of hydrogen-bond acceptors (Lipinski definition) is 4.